The van der Waals surface area contributed by atoms with Gasteiger partial charge in [0.2, 0.25) is 0 Å². The van der Waals surface area contributed by atoms with Crippen LogP contribution in [0.25, 0.3) is 9.53 Å². The highest BCUT2D eigenvalue weighted by Crippen LogP contribution is 2.35. The molecule has 24 heavy (non-hydrogen) atoms. The number of carbonyl (C=O) groups excluding carboxylic acids is 1. The maximum atomic E-state index is 12.8. The molecule has 3 heterocycles. The van der Waals surface area contributed by atoms with E-state index < -0.39 is 0 Å². The number of hydrogen-bond donors (Lipinski definition) is 1. The van der Waals surface area contributed by atoms with E-state index in [1.165, 1.54) is 11.3 Å². The average Bonchev–Trinajstić information content (AvgIpc) is 3.15. The van der Waals surface area contributed by atoms with E-state index in [2.05, 4.69) is 24.1 Å². The molecule has 0 unspecified atom stereocenters. The zero-order valence-electron chi connectivity index (χ0n) is 14.7. The Kier molecular flexibility index (Phi) is 5.73. The number of aromatic nitrogens is 1. The number of fused-ring (bicyclic) bond motifs is 1. The molecule has 1 aliphatic heterocycles. The Balaban J connectivity index is 1.69. The SMILES string of the molecule is CCN(CC)c1nc2sc(C(=O)N3CCC(CNC)CC3)cc2s1. The van der Waals surface area contributed by atoms with E-state index in [1.807, 2.05) is 18.0 Å². The summed E-state index contributed by atoms with van der Waals surface area (Å²) in [5.74, 6) is 0.877. The minimum atomic E-state index is 0.178. The number of hydrogen-bond acceptors (Lipinski definition) is 6. The van der Waals surface area contributed by atoms with Crippen LogP contribution in [0.5, 0.6) is 0 Å². The Bertz CT molecular complexity index is 652. The third-order valence-corrected chi connectivity index (χ3v) is 6.93. The average molecular weight is 367 g/mol. The van der Waals surface area contributed by atoms with Crippen LogP contribution in [0.2, 0.25) is 0 Å². The van der Waals surface area contributed by atoms with Gasteiger partial charge in [-0.15, -0.1) is 11.3 Å². The van der Waals surface area contributed by atoms with Gasteiger partial charge in [-0.2, -0.15) is 0 Å². The first-order valence-corrected chi connectivity index (χ1v) is 10.4. The molecule has 3 rings (SSSR count). The molecule has 0 saturated carbocycles. The number of anilines is 1. The van der Waals surface area contributed by atoms with Gasteiger partial charge in [-0.1, -0.05) is 11.3 Å². The third kappa shape index (κ3) is 3.58. The topological polar surface area (TPSA) is 48.5 Å². The molecule has 0 radical (unpaired) electrons. The first-order valence-electron chi connectivity index (χ1n) is 8.75. The highest BCUT2D eigenvalue weighted by Gasteiger charge is 2.25. The summed E-state index contributed by atoms with van der Waals surface area (Å²) in [7, 11) is 2.00. The van der Waals surface area contributed by atoms with Crippen molar-refractivity contribution in [3.63, 3.8) is 0 Å². The number of piperidine rings is 1. The van der Waals surface area contributed by atoms with Crippen LogP contribution in [0, 0.1) is 5.92 Å². The van der Waals surface area contributed by atoms with Crippen molar-refractivity contribution in [2.75, 3.05) is 44.7 Å². The summed E-state index contributed by atoms with van der Waals surface area (Å²) in [4.78, 5) is 23.6. The van der Waals surface area contributed by atoms with Gasteiger partial charge in [0, 0.05) is 26.2 Å². The summed E-state index contributed by atoms with van der Waals surface area (Å²) in [6.45, 7) is 9.00. The lowest BCUT2D eigenvalue weighted by molar-refractivity contribution is 0.0696. The van der Waals surface area contributed by atoms with Crippen LogP contribution in [-0.2, 0) is 0 Å². The number of nitrogens with one attached hydrogen (secondary N) is 1. The van der Waals surface area contributed by atoms with Crippen molar-refractivity contribution in [3.8, 4) is 0 Å². The van der Waals surface area contributed by atoms with Gasteiger partial charge in [-0.25, -0.2) is 4.98 Å². The van der Waals surface area contributed by atoms with Crippen molar-refractivity contribution < 1.29 is 4.79 Å². The summed E-state index contributed by atoms with van der Waals surface area (Å²) >= 11 is 3.23. The summed E-state index contributed by atoms with van der Waals surface area (Å²) in [5.41, 5.74) is 0. The number of thiophene rings is 1. The molecule has 7 heteroatoms. The van der Waals surface area contributed by atoms with Gasteiger partial charge in [-0.05, 0) is 52.3 Å². The Hall–Kier alpha value is -1.18. The number of rotatable bonds is 6. The van der Waals surface area contributed by atoms with Crippen molar-refractivity contribution >= 4 is 43.2 Å². The monoisotopic (exact) mass is 366 g/mol. The van der Waals surface area contributed by atoms with Crippen LogP contribution < -0.4 is 10.2 Å². The Morgan fingerprint density at radius 1 is 1.33 bits per heavy atom. The first kappa shape index (κ1) is 17.6. The highest BCUT2D eigenvalue weighted by molar-refractivity contribution is 7.29. The van der Waals surface area contributed by atoms with Crippen molar-refractivity contribution in [1.29, 1.82) is 0 Å². The van der Waals surface area contributed by atoms with E-state index >= 15 is 0 Å². The lowest BCUT2D eigenvalue weighted by Crippen LogP contribution is -2.40. The predicted octanol–water partition coefficient (Wildman–Crippen LogP) is 3.28. The maximum absolute atomic E-state index is 12.8. The summed E-state index contributed by atoms with van der Waals surface area (Å²) in [5, 5.41) is 4.30. The van der Waals surface area contributed by atoms with Gasteiger partial charge < -0.3 is 15.1 Å². The summed E-state index contributed by atoms with van der Waals surface area (Å²) < 4.78 is 1.13. The van der Waals surface area contributed by atoms with Gasteiger partial charge >= 0.3 is 0 Å². The molecule has 1 fully saturated rings. The van der Waals surface area contributed by atoms with Crippen LogP contribution in [0.1, 0.15) is 36.4 Å². The fourth-order valence-electron chi connectivity index (χ4n) is 3.24. The zero-order chi connectivity index (χ0) is 17.1. The molecule has 5 nitrogen and oxygen atoms in total. The molecule has 1 aliphatic rings. The van der Waals surface area contributed by atoms with Crippen LogP contribution in [0.3, 0.4) is 0 Å². The molecule has 132 valence electrons. The molecule has 0 aliphatic carbocycles. The molecular formula is C17H26N4OS2. The number of carbonyl (C=O) groups is 1. The minimum absolute atomic E-state index is 0.178. The molecule has 0 bridgehead atoms. The van der Waals surface area contributed by atoms with E-state index in [1.54, 1.807) is 11.3 Å². The normalized spacial score (nSPS) is 16.0. The molecular weight excluding hydrogens is 340 g/mol. The fourth-order valence-corrected chi connectivity index (χ4v) is 5.55. The van der Waals surface area contributed by atoms with Gasteiger partial charge in [-0.3, -0.25) is 4.79 Å². The third-order valence-electron chi connectivity index (χ3n) is 4.72. The number of likely N-dealkylation sites (tertiary alicyclic amines) is 1. The second kappa shape index (κ2) is 7.80. The van der Waals surface area contributed by atoms with E-state index in [0.717, 1.165) is 65.1 Å². The van der Waals surface area contributed by atoms with Crippen molar-refractivity contribution in [2.45, 2.75) is 26.7 Å². The Morgan fingerprint density at radius 2 is 2.04 bits per heavy atom. The smallest absolute Gasteiger partial charge is 0.264 e. The maximum Gasteiger partial charge on any atom is 0.264 e. The van der Waals surface area contributed by atoms with Crippen molar-refractivity contribution in [1.82, 2.24) is 15.2 Å². The second-order valence-corrected chi connectivity index (χ2v) is 8.28. The van der Waals surface area contributed by atoms with Gasteiger partial charge in [0.15, 0.2) is 5.13 Å². The molecule has 0 spiro atoms. The largest absolute Gasteiger partial charge is 0.349 e. The lowest BCUT2D eigenvalue weighted by atomic mass is 9.97. The van der Waals surface area contributed by atoms with E-state index in [4.69, 9.17) is 4.98 Å². The van der Waals surface area contributed by atoms with Gasteiger partial charge in [0.1, 0.15) is 4.83 Å². The van der Waals surface area contributed by atoms with E-state index in [0.29, 0.717) is 5.92 Å². The Labute approximate surface area is 151 Å². The molecule has 1 saturated heterocycles. The predicted molar refractivity (Wildman–Crippen MR) is 104 cm³/mol. The first-order chi connectivity index (χ1) is 11.7. The van der Waals surface area contributed by atoms with Crippen LogP contribution in [0.15, 0.2) is 6.07 Å². The number of nitrogens with zero attached hydrogens (tertiary/aromatic N) is 3. The van der Waals surface area contributed by atoms with Crippen molar-refractivity contribution in [2.24, 2.45) is 5.92 Å². The lowest BCUT2D eigenvalue weighted by Gasteiger charge is -2.31. The number of thiazole rings is 1. The van der Waals surface area contributed by atoms with E-state index in [9.17, 15) is 4.79 Å². The molecule has 1 amide bonds. The summed E-state index contributed by atoms with van der Waals surface area (Å²) in [6, 6.07) is 2.03. The minimum Gasteiger partial charge on any atom is -0.349 e. The van der Waals surface area contributed by atoms with Crippen LogP contribution in [0.4, 0.5) is 5.13 Å². The fraction of sp³-hybridized carbons (Fsp3) is 0.647. The highest BCUT2D eigenvalue weighted by atomic mass is 32.1. The van der Waals surface area contributed by atoms with E-state index in [-0.39, 0.29) is 5.91 Å². The Morgan fingerprint density at radius 3 is 2.62 bits per heavy atom. The quantitative estimate of drug-likeness (QED) is 0.852. The molecule has 2 aromatic heterocycles. The van der Waals surface area contributed by atoms with Crippen LogP contribution in [-0.4, -0.2) is 55.6 Å². The standard InChI is InChI=1S/C17H26N4OS2/c1-4-20(5-2)17-19-15-13(24-17)10-14(23-15)16(22)21-8-6-12(7-9-21)11-18-3/h10,12,18H,4-9,11H2,1-3H3. The summed E-state index contributed by atoms with van der Waals surface area (Å²) in [6.07, 6.45) is 2.19. The zero-order valence-corrected chi connectivity index (χ0v) is 16.3. The number of amides is 1. The van der Waals surface area contributed by atoms with Crippen LogP contribution >= 0.6 is 22.7 Å². The van der Waals surface area contributed by atoms with Gasteiger partial charge in [0.05, 0.1) is 9.58 Å². The molecule has 1 N–H and O–H groups in total. The van der Waals surface area contributed by atoms with Crippen molar-refractivity contribution in [3.05, 3.63) is 10.9 Å². The van der Waals surface area contributed by atoms with Gasteiger partial charge in [0.25, 0.3) is 5.91 Å². The molecule has 0 atom stereocenters. The molecule has 2 aromatic rings. The second-order valence-electron chi connectivity index (χ2n) is 6.24. The molecule has 0 aromatic carbocycles.